The van der Waals surface area contributed by atoms with Crippen LogP contribution in [0.3, 0.4) is 0 Å². The van der Waals surface area contributed by atoms with E-state index >= 15 is 0 Å². The van der Waals surface area contributed by atoms with Gasteiger partial charge in [0.25, 0.3) is 0 Å². The van der Waals surface area contributed by atoms with Gasteiger partial charge < -0.3 is 25.4 Å². The van der Waals surface area contributed by atoms with Gasteiger partial charge in [-0.1, -0.05) is 13.8 Å². The first-order valence-electron chi connectivity index (χ1n) is 11.4. The first-order valence-corrected chi connectivity index (χ1v) is 11.4. The number of benzene rings is 2. The first kappa shape index (κ1) is 25.8. The quantitative estimate of drug-likeness (QED) is 0.263. The van der Waals surface area contributed by atoms with Crippen LogP contribution in [-0.4, -0.2) is 48.7 Å². The van der Waals surface area contributed by atoms with Gasteiger partial charge in [-0.05, 0) is 36.6 Å². The molecule has 0 atom stereocenters. The third-order valence-corrected chi connectivity index (χ3v) is 5.02. The molecule has 2 aromatic carbocycles. The zero-order valence-electron chi connectivity index (χ0n) is 20.1. The molecule has 0 saturated heterocycles. The van der Waals surface area contributed by atoms with Gasteiger partial charge in [-0.3, -0.25) is 9.59 Å². The molecular formula is C25H30FN5O4. The number of ether oxygens (including phenoxy) is 2. The van der Waals surface area contributed by atoms with Crippen molar-refractivity contribution in [3.63, 3.8) is 0 Å². The fraction of sp³-hybridized carbons (Fsp3) is 0.360. The molecule has 0 bridgehead atoms. The van der Waals surface area contributed by atoms with Crippen molar-refractivity contribution in [2.45, 2.75) is 26.7 Å². The number of nitrogens with zero attached hydrogens (tertiary/aromatic N) is 2. The minimum atomic E-state index is -0.520. The summed E-state index contributed by atoms with van der Waals surface area (Å²) in [6.45, 7) is 5.36. The van der Waals surface area contributed by atoms with E-state index < -0.39 is 11.7 Å². The highest BCUT2D eigenvalue weighted by molar-refractivity contribution is 6.03. The average molecular weight is 484 g/mol. The monoisotopic (exact) mass is 483 g/mol. The Morgan fingerprint density at radius 3 is 2.49 bits per heavy atom. The molecule has 35 heavy (non-hydrogen) atoms. The number of rotatable bonds is 12. The Morgan fingerprint density at radius 2 is 1.77 bits per heavy atom. The standard InChI is InChI=1S/C25H30FN5O4/c1-16(2)8-9-27-22(32)14-23(33)30-17-4-6-18(7-5-17)31-25-24-20(26)12-19(35-11-10-34-3)13-21(24)28-15-29-25/h4-7,12-13,15-16H,8-11,14H2,1-3H3,(H,27,32)(H,30,33)(H,28,29,31). The maximum absolute atomic E-state index is 14.8. The van der Waals surface area contributed by atoms with E-state index in [9.17, 15) is 14.0 Å². The van der Waals surface area contributed by atoms with E-state index in [0.717, 1.165) is 6.42 Å². The Hall–Kier alpha value is -3.79. The number of hydrogen-bond donors (Lipinski definition) is 3. The summed E-state index contributed by atoms with van der Waals surface area (Å²) < 4.78 is 25.3. The molecule has 1 heterocycles. The van der Waals surface area contributed by atoms with Gasteiger partial charge in [0, 0.05) is 37.2 Å². The molecule has 9 nitrogen and oxygen atoms in total. The Labute approximate surface area is 203 Å². The van der Waals surface area contributed by atoms with Crippen LogP contribution in [-0.2, 0) is 14.3 Å². The van der Waals surface area contributed by atoms with Crippen LogP contribution in [0.5, 0.6) is 5.75 Å². The van der Waals surface area contributed by atoms with Gasteiger partial charge in [0.1, 0.15) is 36.7 Å². The number of carbonyl (C=O) groups excluding carboxylic acids is 2. The Kier molecular flexibility index (Phi) is 9.31. The number of amides is 2. The molecule has 0 saturated carbocycles. The van der Waals surface area contributed by atoms with E-state index in [0.29, 0.717) is 54.1 Å². The van der Waals surface area contributed by atoms with E-state index in [-0.39, 0.29) is 17.7 Å². The molecule has 0 fully saturated rings. The minimum absolute atomic E-state index is 0.229. The highest BCUT2D eigenvalue weighted by Crippen LogP contribution is 2.29. The van der Waals surface area contributed by atoms with Crippen molar-refractivity contribution in [1.29, 1.82) is 0 Å². The summed E-state index contributed by atoms with van der Waals surface area (Å²) in [6.07, 6.45) is 1.95. The second kappa shape index (κ2) is 12.6. The van der Waals surface area contributed by atoms with Crippen LogP contribution in [0.2, 0.25) is 0 Å². The predicted molar refractivity (Wildman–Crippen MR) is 132 cm³/mol. The number of aromatic nitrogens is 2. The van der Waals surface area contributed by atoms with Gasteiger partial charge in [0.2, 0.25) is 11.8 Å². The molecule has 3 N–H and O–H groups in total. The summed E-state index contributed by atoms with van der Waals surface area (Å²) in [5.74, 6) is -0.109. The van der Waals surface area contributed by atoms with Gasteiger partial charge >= 0.3 is 0 Å². The average Bonchev–Trinajstić information content (AvgIpc) is 2.80. The number of anilines is 3. The molecule has 186 valence electrons. The normalized spacial score (nSPS) is 10.9. The lowest BCUT2D eigenvalue weighted by Crippen LogP contribution is -2.29. The predicted octanol–water partition coefficient (Wildman–Crippen LogP) is 4.03. The van der Waals surface area contributed by atoms with E-state index in [1.54, 1.807) is 37.4 Å². The minimum Gasteiger partial charge on any atom is -0.491 e. The lowest BCUT2D eigenvalue weighted by Gasteiger charge is -2.12. The molecule has 2 amide bonds. The summed E-state index contributed by atoms with van der Waals surface area (Å²) in [5, 5.41) is 8.73. The Morgan fingerprint density at radius 1 is 1.03 bits per heavy atom. The van der Waals surface area contributed by atoms with Crippen LogP contribution < -0.4 is 20.7 Å². The highest BCUT2D eigenvalue weighted by Gasteiger charge is 2.13. The van der Waals surface area contributed by atoms with Crippen molar-refractivity contribution in [1.82, 2.24) is 15.3 Å². The molecular weight excluding hydrogens is 453 g/mol. The van der Waals surface area contributed by atoms with Crippen LogP contribution in [0.25, 0.3) is 10.9 Å². The van der Waals surface area contributed by atoms with Crippen LogP contribution in [0, 0.1) is 11.7 Å². The Balaban J connectivity index is 1.61. The topological polar surface area (TPSA) is 114 Å². The van der Waals surface area contributed by atoms with Crippen molar-refractivity contribution in [3.05, 3.63) is 48.5 Å². The van der Waals surface area contributed by atoms with Crippen LogP contribution >= 0.6 is 0 Å². The van der Waals surface area contributed by atoms with Gasteiger partial charge in [-0.25, -0.2) is 14.4 Å². The molecule has 1 aromatic heterocycles. The van der Waals surface area contributed by atoms with E-state index in [4.69, 9.17) is 9.47 Å². The SMILES string of the molecule is COCCOc1cc(F)c2c(Nc3ccc(NC(=O)CC(=O)NCCC(C)C)cc3)ncnc2c1. The number of halogens is 1. The van der Waals surface area contributed by atoms with Crippen molar-refractivity contribution in [2.75, 3.05) is 37.5 Å². The van der Waals surface area contributed by atoms with Gasteiger partial charge in [0.05, 0.1) is 17.5 Å². The zero-order chi connectivity index (χ0) is 25.2. The largest absolute Gasteiger partial charge is 0.491 e. The molecule has 3 aromatic rings. The van der Waals surface area contributed by atoms with Gasteiger partial charge in [0.15, 0.2) is 0 Å². The number of hydrogen-bond acceptors (Lipinski definition) is 7. The summed E-state index contributed by atoms with van der Waals surface area (Å²) in [6, 6.07) is 9.71. The van der Waals surface area contributed by atoms with E-state index in [1.165, 1.54) is 12.4 Å². The molecule has 10 heteroatoms. The maximum atomic E-state index is 14.8. The maximum Gasteiger partial charge on any atom is 0.233 e. The summed E-state index contributed by atoms with van der Waals surface area (Å²) >= 11 is 0. The van der Waals surface area contributed by atoms with Crippen LogP contribution in [0.4, 0.5) is 21.6 Å². The van der Waals surface area contributed by atoms with Crippen molar-refractivity contribution in [3.8, 4) is 5.75 Å². The number of carbonyl (C=O) groups is 2. The van der Waals surface area contributed by atoms with Gasteiger partial charge in [-0.15, -0.1) is 0 Å². The van der Waals surface area contributed by atoms with Crippen molar-refractivity contribution >= 4 is 39.9 Å². The first-order chi connectivity index (χ1) is 16.9. The summed E-state index contributed by atoms with van der Waals surface area (Å²) in [5.41, 5.74) is 1.56. The highest BCUT2D eigenvalue weighted by atomic mass is 19.1. The third-order valence-electron chi connectivity index (χ3n) is 5.02. The lowest BCUT2D eigenvalue weighted by molar-refractivity contribution is -0.126. The van der Waals surface area contributed by atoms with E-state index in [1.807, 2.05) is 0 Å². The van der Waals surface area contributed by atoms with Crippen LogP contribution in [0.1, 0.15) is 26.7 Å². The molecule has 0 aliphatic rings. The molecule has 0 aliphatic heterocycles. The fourth-order valence-electron chi connectivity index (χ4n) is 3.23. The molecule has 3 rings (SSSR count). The second-order valence-corrected chi connectivity index (χ2v) is 8.32. The molecule has 0 spiro atoms. The lowest BCUT2D eigenvalue weighted by atomic mass is 10.1. The summed E-state index contributed by atoms with van der Waals surface area (Å²) in [7, 11) is 1.56. The fourth-order valence-corrected chi connectivity index (χ4v) is 3.23. The number of nitrogens with one attached hydrogen (secondary N) is 3. The second-order valence-electron chi connectivity index (χ2n) is 8.32. The molecule has 0 aliphatic carbocycles. The number of methoxy groups -OCH3 is 1. The van der Waals surface area contributed by atoms with Gasteiger partial charge in [-0.2, -0.15) is 0 Å². The zero-order valence-corrected chi connectivity index (χ0v) is 20.1. The summed E-state index contributed by atoms with van der Waals surface area (Å²) in [4.78, 5) is 32.3. The smallest absolute Gasteiger partial charge is 0.233 e. The third kappa shape index (κ3) is 7.89. The van der Waals surface area contributed by atoms with Crippen molar-refractivity contribution in [2.24, 2.45) is 5.92 Å². The van der Waals surface area contributed by atoms with Crippen molar-refractivity contribution < 1.29 is 23.5 Å². The number of fused-ring (bicyclic) bond motifs is 1. The van der Waals surface area contributed by atoms with Crippen LogP contribution in [0.15, 0.2) is 42.7 Å². The molecule has 0 radical (unpaired) electrons. The van der Waals surface area contributed by atoms with E-state index in [2.05, 4.69) is 39.8 Å². The molecule has 0 unspecified atom stereocenters. The Bertz CT molecular complexity index is 1150.